The Hall–Kier alpha value is -0.350. The summed E-state index contributed by atoms with van der Waals surface area (Å²) in [7, 11) is 1.98. The number of alkyl halides is 1. The van der Waals surface area contributed by atoms with E-state index in [9.17, 15) is 0 Å². The summed E-state index contributed by atoms with van der Waals surface area (Å²) >= 11 is 3.51. The van der Waals surface area contributed by atoms with E-state index in [0.29, 0.717) is 0 Å². The predicted octanol–water partition coefficient (Wildman–Crippen LogP) is 2.56. The van der Waals surface area contributed by atoms with Crippen LogP contribution in [-0.2, 0) is 13.6 Å². The van der Waals surface area contributed by atoms with Crippen molar-refractivity contribution in [3.05, 3.63) is 18.0 Å². The average molecular weight is 286 g/mol. The molecule has 1 saturated heterocycles. The molecule has 1 aromatic rings. The highest BCUT2D eigenvalue weighted by atomic mass is 79.9. The molecule has 1 aliphatic rings. The minimum atomic E-state index is 0.790. The molecule has 2 heterocycles. The molecule has 3 nitrogen and oxygen atoms in total. The molecule has 0 saturated carbocycles. The maximum absolute atomic E-state index is 4.23. The third-order valence-electron chi connectivity index (χ3n) is 3.31. The molecular weight excluding hydrogens is 266 g/mol. The number of aromatic nitrogens is 2. The van der Waals surface area contributed by atoms with Crippen LogP contribution in [0.25, 0.3) is 0 Å². The van der Waals surface area contributed by atoms with Gasteiger partial charge in [-0.2, -0.15) is 5.10 Å². The Morgan fingerprint density at radius 2 is 2.44 bits per heavy atom. The summed E-state index contributed by atoms with van der Waals surface area (Å²) in [6, 6.07) is 0.790. The van der Waals surface area contributed by atoms with Gasteiger partial charge in [0.2, 0.25) is 0 Å². The molecule has 0 bridgehead atoms. The molecule has 16 heavy (non-hydrogen) atoms. The summed E-state index contributed by atoms with van der Waals surface area (Å²) in [6.07, 6.45) is 9.44. The van der Waals surface area contributed by atoms with E-state index < -0.39 is 0 Å². The molecule has 1 fully saturated rings. The number of aryl methyl sites for hydroxylation is 1. The van der Waals surface area contributed by atoms with Crippen molar-refractivity contribution in [3.63, 3.8) is 0 Å². The summed E-state index contributed by atoms with van der Waals surface area (Å²) in [5.74, 6) is 0. The van der Waals surface area contributed by atoms with Crippen LogP contribution in [0, 0.1) is 0 Å². The van der Waals surface area contributed by atoms with Gasteiger partial charge in [0.1, 0.15) is 0 Å². The van der Waals surface area contributed by atoms with Crippen molar-refractivity contribution in [2.75, 3.05) is 11.9 Å². The molecule has 0 radical (unpaired) electrons. The lowest BCUT2D eigenvalue weighted by Gasteiger charge is -2.23. The van der Waals surface area contributed by atoms with E-state index in [1.807, 2.05) is 17.9 Å². The van der Waals surface area contributed by atoms with Gasteiger partial charge in [-0.05, 0) is 32.2 Å². The lowest BCUT2D eigenvalue weighted by atomic mass is 10.1. The minimum Gasteiger partial charge on any atom is -0.296 e. The molecule has 0 spiro atoms. The first-order valence-electron chi connectivity index (χ1n) is 6.07. The van der Waals surface area contributed by atoms with Crippen LogP contribution in [0.5, 0.6) is 0 Å². The molecule has 1 aromatic heterocycles. The molecule has 0 N–H and O–H groups in total. The third kappa shape index (κ3) is 3.08. The van der Waals surface area contributed by atoms with Gasteiger partial charge >= 0.3 is 0 Å². The van der Waals surface area contributed by atoms with Gasteiger partial charge < -0.3 is 0 Å². The summed E-state index contributed by atoms with van der Waals surface area (Å²) in [4.78, 5) is 2.61. The molecule has 2 rings (SSSR count). The lowest BCUT2D eigenvalue weighted by molar-refractivity contribution is 0.234. The smallest absolute Gasteiger partial charge is 0.0534 e. The average Bonchev–Trinajstić information content (AvgIpc) is 2.86. The Balaban J connectivity index is 1.88. The van der Waals surface area contributed by atoms with E-state index in [1.165, 1.54) is 37.8 Å². The quantitative estimate of drug-likeness (QED) is 0.776. The maximum atomic E-state index is 4.23. The van der Waals surface area contributed by atoms with Gasteiger partial charge in [0, 0.05) is 36.7 Å². The topological polar surface area (TPSA) is 21.1 Å². The highest BCUT2D eigenvalue weighted by Crippen LogP contribution is 2.23. The number of halogens is 1. The number of nitrogens with zero attached hydrogens (tertiary/aromatic N) is 3. The van der Waals surface area contributed by atoms with Crippen LogP contribution in [-0.4, -0.2) is 32.6 Å². The number of likely N-dealkylation sites (tertiary alicyclic amines) is 1. The monoisotopic (exact) mass is 285 g/mol. The molecule has 1 unspecified atom stereocenters. The highest BCUT2D eigenvalue weighted by Gasteiger charge is 2.23. The van der Waals surface area contributed by atoms with E-state index in [1.54, 1.807) is 0 Å². The molecule has 90 valence electrons. The summed E-state index contributed by atoms with van der Waals surface area (Å²) in [5, 5.41) is 5.36. The van der Waals surface area contributed by atoms with Gasteiger partial charge in [0.25, 0.3) is 0 Å². The molecule has 0 amide bonds. The van der Waals surface area contributed by atoms with Crippen molar-refractivity contribution in [2.45, 2.75) is 38.3 Å². The molecule has 1 atom stereocenters. The van der Waals surface area contributed by atoms with Crippen molar-refractivity contribution < 1.29 is 0 Å². The van der Waals surface area contributed by atoms with Gasteiger partial charge in [-0.15, -0.1) is 0 Å². The van der Waals surface area contributed by atoms with Crippen molar-refractivity contribution >= 4 is 15.9 Å². The normalized spacial score (nSPS) is 21.8. The van der Waals surface area contributed by atoms with Crippen molar-refractivity contribution in [1.82, 2.24) is 14.7 Å². The van der Waals surface area contributed by atoms with Crippen LogP contribution < -0.4 is 0 Å². The Kier molecular flexibility index (Phi) is 4.41. The van der Waals surface area contributed by atoms with E-state index >= 15 is 0 Å². The van der Waals surface area contributed by atoms with Crippen molar-refractivity contribution in [3.8, 4) is 0 Å². The second-order valence-corrected chi connectivity index (χ2v) is 5.41. The lowest BCUT2D eigenvalue weighted by Crippen LogP contribution is -2.28. The van der Waals surface area contributed by atoms with Crippen LogP contribution in [0.1, 0.15) is 31.2 Å². The predicted molar refractivity (Wildman–Crippen MR) is 69.7 cm³/mol. The fourth-order valence-electron chi connectivity index (χ4n) is 2.53. The first kappa shape index (κ1) is 12.1. The minimum absolute atomic E-state index is 0.790. The first-order valence-corrected chi connectivity index (χ1v) is 7.19. The van der Waals surface area contributed by atoms with Crippen LogP contribution in [0.4, 0.5) is 0 Å². The number of hydrogen-bond donors (Lipinski definition) is 0. The van der Waals surface area contributed by atoms with E-state index in [-0.39, 0.29) is 0 Å². The van der Waals surface area contributed by atoms with Gasteiger partial charge in [-0.1, -0.05) is 15.9 Å². The second kappa shape index (κ2) is 5.82. The summed E-state index contributed by atoms with van der Waals surface area (Å²) in [5.41, 5.74) is 1.34. The van der Waals surface area contributed by atoms with Crippen LogP contribution in [0.15, 0.2) is 12.4 Å². The third-order valence-corrected chi connectivity index (χ3v) is 3.87. The van der Waals surface area contributed by atoms with Gasteiger partial charge in [0.05, 0.1) is 6.20 Å². The van der Waals surface area contributed by atoms with Crippen LogP contribution in [0.2, 0.25) is 0 Å². The van der Waals surface area contributed by atoms with E-state index in [2.05, 4.69) is 32.1 Å². The van der Waals surface area contributed by atoms with E-state index in [4.69, 9.17) is 0 Å². The van der Waals surface area contributed by atoms with Crippen molar-refractivity contribution in [1.29, 1.82) is 0 Å². The fourth-order valence-corrected chi connectivity index (χ4v) is 2.85. The van der Waals surface area contributed by atoms with E-state index in [0.717, 1.165) is 17.9 Å². The summed E-state index contributed by atoms with van der Waals surface area (Å²) < 4.78 is 1.89. The fraction of sp³-hybridized carbons (Fsp3) is 0.750. The zero-order chi connectivity index (χ0) is 11.4. The molecule has 0 aliphatic carbocycles. The van der Waals surface area contributed by atoms with Gasteiger partial charge in [-0.25, -0.2) is 0 Å². The first-order chi connectivity index (χ1) is 7.79. The largest absolute Gasteiger partial charge is 0.296 e. The highest BCUT2D eigenvalue weighted by molar-refractivity contribution is 9.09. The maximum Gasteiger partial charge on any atom is 0.0534 e. The van der Waals surface area contributed by atoms with Crippen LogP contribution >= 0.6 is 15.9 Å². The number of hydrogen-bond acceptors (Lipinski definition) is 2. The summed E-state index contributed by atoms with van der Waals surface area (Å²) in [6.45, 7) is 2.32. The second-order valence-electron chi connectivity index (χ2n) is 4.62. The standard InChI is InChI=1S/C12H20BrN3/c1-15-9-11(8-14-15)10-16-7-3-5-12(16)4-2-6-13/h8-9,12H,2-7,10H2,1H3. The Bertz CT molecular complexity index is 324. The Morgan fingerprint density at radius 1 is 1.56 bits per heavy atom. The zero-order valence-electron chi connectivity index (χ0n) is 9.90. The van der Waals surface area contributed by atoms with Crippen LogP contribution in [0.3, 0.4) is 0 Å². The SMILES string of the molecule is Cn1cc(CN2CCCC2CCCBr)cn1. The molecular formula is C12H20BrN3. The molecule has 1 aliphatic heterocycles. The Labute approximate surface area is 106 Å². The van der Waals surface area contributed by atoms with Gasteiger partial charge in [-0.3, -0.25) is 9.58 Å². The Morgan fingerprint density at radius 3 is 3.12 bits per heavy atom. The number of rotatable bonds is 5. The van der Waals surface area contributed by atoms with Gasteiger partial charge in [0.15, 0.2) is 0 Å². The zero-order valence-corrected chi connectivity index (χ0v) is 11.5. The van der Waals surface area contributed by atoms with Crippen molar-refractivity contribution in [2.24, 2.45) is 7.05 Å². The molecule has 4 heteroatoms. The molecule has 0 aromatic carbocycles.